The molecule has 0 saturated carbocycles. The second-order valence-electron chi connectivity index (χ2n) is 7.93. The van der Waals surface area contributed by atoms with Gasteiger partial charge in [-0.15, -0.1) is 11.8 Å². The third-order valence-corrected chi connectivity index (χ3v) is 6.46. The zero-order chi connectivity index (χ0) is 24.2. The lowest BCUT2D eigenvalue weighted by molar-refractivity contribution is 1.16. The van der Waals surface area contributed by atoms with Gasteiger partial charge in [-0.2, -0.15) is 0 Å². The first-order chi connectivity index (χ1) is 17.2. The lowest BCUT2D eigenvalue weighted by Crippen LogP contribution is -2.02. The summed E-state index contributed by atoms with van der Waals surface area (Å²) in [6.45, 7) is 2.09. The molecule has 3 N–H and O–H groups in total. The molecule has 0 unspecified atom stereocenters. The van der Waals surface area contributed by atoms with Gasteiger partial charge in [-0.25, -0.2) is 19.9 Å². The van der Waals surface area contributed by atoms with E-state index in [0.29, 0.717) is 0 Å². The first kappa shape index (κ1) is 22.6. The van der Waals surface area contributed by atoms with Crippen molar-refractivity contribution >= 4 is 51.4 Å². The van der Waals surface area contributed by atoms with Crippen LogP contribution in [0.15, 0.2) is 84.3 Å². The van der Waals surface area contributed by atoms with Crippen LogP contribution in [0.25, 0.3) is 22.0 Å². The summed E-state index contributed by atoms with van der Waals surface area (Å²) >= 11 is 1.71. The van der Waals surface area contributed by atoms with E-state index >= 15 is 0 Å². The largest absolute Gasteiger partial charge is 0.373 e. The molecule has 7 nitrogen and oxygen atoms in total. The van der Waals surface area contributed by atoms with Crippen molar-refractivity contribution in [1.82, 2.24) is 19.9 Å². The van der Waals surface area contributed by atoms with Gasteiger partial charge in [0, 0.05) is 52.4 Å². The number of aryl methyl sites for hydroxylation is 1. The maximum atomic E-state index is 4.64. The van der Waals surface area contributed by atoms with Gasteiger partial charge in [-0.3, -0.25) is 0 Å². The Kier molecular flexibility index (Phi) is 6.45. The van der Waals surface area contributed by atoms with Gasteiger partial charge in [0.25, 0.3) is 0 Å². The number of fused-ring (bicyclic) bond motifs is 1. The van der Waals surface area contributed by atoms with Crippen LogP contribution in [0, 0.1) is 6.92 Å². The van der Waals surface area contributed by atoms with Gasteiger partial charge in [0.15, 0.2) is 0 Å². The van der Waals surface area contributed by atoms with E-state index in [0.717, 1.165) is 56.4 Å². The van der Waals surface area contributed by atoms with Gasteiger partial charge in [-0.05, 0) is 55.1 Å². The Balaban J connectivity index is 1.56. The molecule has 0 aliphatic carbocycles. The van der Waals surface area contributed by atoms with Crippen molar-refractivity contribution in [2.75, 3.05) is 29.3 Å². The van der Waals surface area contributed by atoms with Gasteiger partial charge in [0.2, 0.25) is 0 Å². The van der Waals surface area contributed by atoms with Gasteiger partial charge in [-0.1, -0.05) is 18.2 Å². The maximum Gasteiger partial charge on any atom is 0.139 e. The minimum atomic E-state index is 0.725. The van der Waals surface area contributed by atoms with E-state index in [4.69, 9.17) is 0 Å². The Hall–Kier alpha value is -4.17. The highest BCUT2D eigenvalue weighted by Gasteiger charge is 2.14. The molecule has 2 aromatic carbocycles. The number of benzene rings is 2. The smallest absolute Gasteiger partial charge is 0.139 e. The van der Waals surface area contributed by atoms with Gasteiger partial charge in [0.1, 0.15) is 23.8 Å². The lowest BCUT2D eigenvalue weighted by Gasteiger charge is -2.17. The first-order valence-electron chi connectivity index (χ1n) is 11.2. The van der Waals surface area contributed by atoms with Gasteiger partial charge in [0.05, 0.1) is 11.4 Å². The van der Waals surface area contributed by atoms with Crippen LogP contribution < -0.4 is 16.0 Å². The van der Waals surface area contributed by atoms with Crippen LogP contribution in [0.3, 0.4) is 0 Å². The molecule has 8 heteroatoms. The molecule has 0 aliphatic heterocycles. The summed E-state index contributed by atoms with van der Waals surface area (Å²) < 4.78 is 0. The third-order valence-electron chi connectivity index (χ3n) is 5.74. The van der Waals surface area contributed by atoms with E-state index in [1.165, 1.54) is 4.90 Å². The topological polar surface area (TPSA) is 87.7 Å². The van der Waals surface area contributed by atoms with Gasteiger partial charge < -0.3 is 16.0 Å². The molecule has 0 saturated heterocycles. The van der Waals surface area contributed by atoms with E-state index < -0.39 is 0 Å². The number of pyridine rings is 2. The number of rotatable bonds is 7. The first-order valence-corrected chi connectivity index (χ1v) is 12.4. The zero-order valence-electron chi connectivity index (χ0n) is 19.7. The van der Waals surface area contributed by atoms with Crippen LogP contribution in [-0.4, -0.2) is 33.2 Å². The van der Waals surface area contributed by atoms with Gasteiger partial charge >= 0.3 is 0 Å². The standard InChI is InChI=1S/C27H25N7S/c1-17-9-10-21-20(11-13-30-26(21)33-18-6-4-7-19(14-18)35-3)25(17)34-27-22(8-5-12-29-27)23-15-24(28-2)32-16-31-23/h4-16H,1-3H3,(H,29,34)(H,30,33)(H,28,31,32). The second kappa shape index (κ2) is 9.99. The van der Waals surface area contributed by atoms with Crippen LogP contribution >= 0.6 is 11.8 Å². The van der Waals surface area contributed by atoms with E-state index in [1.54, 1.807) is 24.3 Å². The molecule has 0 radical (unpaired) electrons. The van der Waals surface area contributed by atoms with Crippen molar-refractivity contribution in [3.63, 3.8) is 0 Å². The molecule has 0 fully saturated rings. The summed E-state index contributed by atoms with van der Waals surface area (Å²) in [5.41, 5.74) is 4.77. The van der Waals surface area contributed by atoms with Crippen LogP contribution in [-0.2, 0) is 0 Å². The number of nitrogens with zero attached hydrogens (tertiary/aromatic N) is 4. The van der Waals surface area contributed by atoms with Crippen molar-refractivity contribution in [3.8, 4) is 11.3 Å². The summed E-state index contributed by atoms with van der Waals surface area (Å²) in [7, 11) is 1.84. The minimum absolute atomic E-state index is 0.725. The fourth-order valence-corrected chi connectivity index (χ4v) is 4.40. The molecule has 0 bridgehead atoms. The number of hydrogen-bond donors (Lipinski definition) is 3. The molecule has 35 heavy (non-hydrogen) atoms. The van der Waals surface area contributed by atoms with Crippen LogP contribution in [0.2, 0.25) is 0 Å². The summed E-state index contributed by atoms with van der Waals surface area (Å²) in [5.74, 6) is 2.28. The molecule has 5 aromatic rings. The average Bonchev–Trinajstić information content (AvgIpc) is 2.91. The summed E-state index contributed by atoms with van der Waals surface area (Å²) in [6.07, 6.45) is 7.23. The molecular weight excluding hydrogens is 454 g/mol. The fourth-order valence-electron chi connectivity index (χ4n) is 3.94. The predicted molar refractivity (Wildman–Crippen MR) is 146 cm³/mol. The van der Waals surface area contributed by atoms with Crippen molar-refractivity contribution in [1.29, 1.82) is 0 Å². The highest BCUT2D eigenvalue weighted by molar-refractivity contribution is 7.98. The molecule has 0 atom stereocenters. The predicted octanol–water partition coefficient (Wildman–Crippen LogP) is 6.65. The van der Waals surface area contributed by atoms with E-state index in [-0.39, 0.29) is 0 Å². The number of hydrogen-bond acceptors (Lipinski definition) is 8. The molecule has 0 amide bonds. The number of anilines is 5. The normalized spacial score (nSPS) is 10.8. The molecular formula is C27H25N7S. The lowest BCUT2D eigenvalue weighted by atomic mass is 10.0. The van der Waals surface area contributed by atoms with Crippen LogP contribution in [0.1, 0.15) is 5.56 Å². The van der Waals surface area contributed by atoms with Crippen molar-refractivity contribution in [3.05, 3.63) is 84.9 Å². The number of aromatic nitrogens is 4. The maximum absolute atomic E-state index is 4.64. The third kappa shape index (κ3) is 4.74. The van der Waals surface area contributed by atoms with E-state index in [2.05, 4.69) is 79.4 Å². The van der Waals surface area contributed by atoms with Crippen molar-refractivity contribution < 1.29 is 0 Å². The minimum Gasteiger partial charge on any atom is -0.373 e. The number of thioether (sulfide) groups is 1. The summed E-state index contributed by atoms with van der Waals surface area (Å²) in [5, 5.41) is 12.2. The Morgan fingerprint density at radius 1 is 0.771 bits per heavy atom. The van der Waals surface area contributed by atoms with Crippen LogP contribution in [0.5, 0.6) is 0 Å². The Bertz CT molecular complexity index is 1500. The second-order valence-corrected chi connectivity index (χ2v) is 8.81. The molecule has 3 heterocycles. The number of nitrogens with one attached hydrogen (secondary N) is 3. The Labute approximate surface area is 208 Å². The SMILES string of the molecule is CNc1cc(-c2cccnc2Nc2c(C)ccc3c(Nc4cccc(SC)c4)nccc23)ncn1. The van der Waals surface area contributed by atoms with Crippen molar-refractivity contribution in [2.45, 2.75) is 11.8 Å². The summed E-state index contributed by atoms with van der Waals surface area (Å²) in [4.78, 5) is 19.2. The average molecular weight is 480 g/mol. The van der Waals surface area contributed by atoms with E-state index in [9.17, 15) is 0 Å². The molecule has 174 valence electrons. The highest BCUT2D eigenvalue weighted by atomic mass is 32.2. The fraction of sp³-hybridized carbons (Fsp3) is 0.111. The van der Waals surface area contributed by atoms with Crippen molar-refractivity contribution in [2.24, 2.45) is 0 Å². The highest BCUT2D eigenvalue weighted by Crippen LogP contribution is 2.36. The zero-order valence-corrected chi connectivity index (χ0v) is 20.5. The van der Waals surface area contributed by atoms with E-state index in [1.807, 2.05) is 43.6 Å². The molecule has 0 aliphatic rings. The molecule has 0 spiro atoms. The Morgan fingerprint density at radius 3 is 2.51 bits per heavy atom. The monoisotopic (exact) mass is 479 g/mol. The summed E-state index contributed by atoms with van der Waals surface area (Å²) in [6, 6.07) is 20.4. The molecule has 5 rings (SSSR count). The van der Waals surface area contributed by atoms with Crippen LogP contribution in [0.4, 0.5) is 28.8 Å². The Morgan fingerprint density at radius 2 is 1.66 bits per heavy atom. The molecule has 3 aromatic heterocycles. The quantitative estimate of drug-likeness (QED) is 0.224.